The average molecular weight is 270 g/mol. The van der Waals surface area contributed by atoms with Crippen LogP contribution >= 0.6 is 11.6 Å². The lowest BCUT2D eigenvalue weighted by molar-refractivity contribution is 1.41. The number of hydrogen-bond donors (Lipinski definition) is 2. The smallest absolute Gasteiger partial charge is 0.0951 e. The van der Waals surface area contributed by atoms with Gasteiger partial charge in [0.1, 0.15) is 0 Å². The minimum absolute atomic E-state index is 0.678. The molecule has 19 heavy (non-hydrogen) atoms. The van der Waals surface area contributed by atoms with Gasteiger partial charge in [-0.25, -0.2) is 0 Å². The Labute approximate surface area is 116 Å². The second-order valence-corrected chi connectivity index (χ2v) is 4.67. The van der Waals surface area contributed by atoms with Gasteiger partial charge in [0.25, 0.3) is 0 Å². The van der Waals surface area contributed by atoms with Crippen molar-refractivity contribution in [3.05, 3.63) is 59.8 Å². The number of benzene rings is 2. The minimum Gasteiger partial charge on any atom is -0.397 e. The Hall–Kier alpha value is -2.26. The van der Waals surface area contributed by atoms with Crippen LogP contribution in [0.5, 0.6) is 0 Å². The van der Waals surface area contributed by atoms with E-state index in [1.807, 2.05) is 48.5 Å². The fraction of sp³-hybridized carbons (Fsp3) is 0. The van der Waals surface area contributed by atoms with Crippen molar-refractivity contribution in [2.24, 2.45) is 0 Å². The number of halogens is 1. The molecule has 0 atom stereocenters. The van der Waals surface area contributed by atoms with E-state index < -0.39 is 0 Å². The molecule has 1 aromatic heterocycles. The molecule has 0 amide bonds. The van der Waals surface area contributed by atoms with Crippen molar-refractivity contribution in [3.63, 3.8) is 0 Å². The Morgan fingerprint density at radius 1 is 1.00 bits per heavy atom. The number of fused-ring (bicyclic) bond motifs is 1. The number of hydrogen-bond acceptors (Lipinski definition) is 3. The van der Waals surface area contributed by atoms with E-state index >= 15 is 0 Å². The molecule has 0 saturated carbocycles. The third-order valence-electron chi connectivity index (χ3n) is 2.92. The van der Waals surface area contributed by atoms with Crippen molar-refractivity contribution in [2.45, 2.75) is 0 Å². The van der Waals surface area contributed by atoms with Gasteiger partial charge in [-0.2, -0.15) is 0 Å². The first-order valence-electron chi connectivity index (χ1n) is 5.90. The highest BCUT2D eigenvalue weighted by molar-refractivity contribution is 6.30. The van der Waals surface area contributed by atoms with E-state index in [1.54, 1.807) is 6.20 Å². The first kappa shape index (κ1) is 11.8. The lowest BCUT2D eigenvalue weighted by Gasteiger charge is -2.10. The van der Waals surface area contributed by atoms with Crippen LogP contribution in [0.4, 0.5) is 17.1 Å². The standard InChI is InChI=1S/C15H12ClN3/c16-10-3-5-11(6-4-10)19-14-8-7-13(17)15-12(14)2-1-9-18-15/h1-9,19H,17H2. The third kappa shape index (κ3) is 2.33. The summed E-state index contributed by atoms with van der Waals surface area (Å²) in [6.07, 6.45) is 1.74. The largest absolute Gasteiger partial charge is 0.397 e. The molecule has 0 saturated heterocycles. The molecule has 0 fully saturated rings. The van der Waals surface area contributed by atoms with Crippen molar-refractivity contribution in [1.29, 1.82) is 0 Å². The predicted octanol–water partition coefficient (Wildman–Crippen LogP) is 4.21. The Morgan fingerprint density at radius 2 is 1.79 bits per heavy atom. The zero-order chi connectivity index (χ0) is 13.2. The maximum atomic E-state index is 5.93. The van der Waals surface area contributed by atoms with E-state index in [1.165, 1.54) is 0 Å². The van der Waals surface area contributed by atoms with E-state index in [-0.39, 0.29) is 0 Å². The summed E-state index contributed by atoms with van der Waals surface area (Å²) in [4.78, 5) is 4.31. The predicted molar refractivity (Wildman–Crippen MR) is 80.9 cm³/mol. The monoisotopic (exact) mass is 269 g/mol. The van der Waals surface area contributed by atoms with Crippen molar-refractivity contribution < 1.29 is 0 Å². The SMILES string of the molecule is Nc1ccc(Nc2ccc(Cl)cc2)c2cccnc12. The van der Waals surface area contributed by atoms with Gasteiger partial charge in [0.05, 0.1) is 11.2 Å². The molecule has 4 heteroatoms. The summed E-state index contributed by atoms with van der Waals surface area (Å²) in [5.74, 6) is 0. The van der Waals surface area contributed by atoms with E-state index in [0.717, 1.165) is 27.3 Å². The molecule has 3 nitrogen and oxygen atoms in total. The summed E-state index contributed by atoms with van der Waals surface area (Å²) in [7, 11) is 0. The second-order valence-electron chi connectivity index (χ2n) is 4.23. The van der Waals surface area contributed by atoms with Crippen LogP contribution in [0.25, 0.3) is 10.9 Å². The van der Waals surface area contributed by atoms with Crippen molar-refractivity contribution >= 4 is 39.6 Å². The fourth-order valence-corrected chi connectivity index (χ4v) is 2.12. The number of pyridine rings is 1. The van der Waals surface area contributed by atoms with Crippen LogP contribution in [0.1, 0.15) is 0 Å². The zero-order valence-corrected chi connectivity index (χ0v) is 10.9. The van der Waals surface area contributed by atoms with E-state index in [2.05, 4.69) is 10.3 Å². The Balaban J connectivity index is 2.06. The molecular weight excluding hydrogens is 258 g/mol. The molecule has 3 aromatic rings. The fourth-order valence-electron chi connectivity index (χ4n) is 1.99. The van der Waals surface area contributed by atoms with E-state index in [9.17, 15) is 0 Å². The van der Waals surface area contributed by atoms with Gasteiger partial charge in [-0.15, -0.1) is 0 Å². The lowest BCUT2D eigenvalue weighted by Crippen LogP contribution is -1.95. The number of nitrogens with one attached hydrogen (secondary N) is 1. The normalized spacial score (nSPS) is 10.6. The minimum atomic E-state index is 0.678. The number of nitrogen functional groups attached to an aromatic ring is 1. The molecule has 0 aliphatic heterocycles. The van der Waals surface area contributed by atoms with Crippen LogP contribution in [0, 0.1) is 0 Å². The van der Waals surface area contributed by atoms with Gasteiger partial charge in [-0.3, -0.25) is 4.98 Å². The number of aromatic nitrogens is 1. The van der Waals surface area contributed by atoms with E-state index in [4.69, 9.17) is 17.3 Å². The van der Waals surface area contributed by atoms with Crippen molar-refractivity contribution in [1.82, 2.24) is 4.98 Å². The summed E-state index contributed by atoms with van der Waals surface area (Å²) in [5.41, 5.74) is 9.36. The quantitative estimate of drug-likeness (QED) is 0.685. The Morgan fingerprint density at radius 3 is 2.58 bits per heavy atom. The molecule has 0 spiro atoms. The molecule has 2 aromatic carbocycles. The van der Waals surface area contributed by atoms with Gasteiger partial charge in [-0.1, -0.05) is 11.6 Å². The molecular formula is C15H12ClN3. The average Bonchev–Trinajstić information content (AvgIpc) is 2.45. The maximum absolute atomic E-state index is 5.93. The summed E-state index contributed by atoms with van der Waals surface area (Å²) < 4.78 is 0. The van der Waals surface area contributed by atoms with Gasteiger partial charge >= 0.3 is 0 Å². The van der Waals surface area contributed by atoms with Crippen LogP contribution in [-0.4, -0.2) is 4.98 Å². The van der Waals surface area contributed by atoms with Gasteiger partial charge in [0.15, 0.2) is 0 Å². The molecule has 0 aliphatic carbocycles. The Bertz CT molecular complexity index is 723. The molecule has 0 unspecified atom stereocenters. The maximum Gasteiger partial charge on any atom is 0.0951 e. The molecule has 94 valence electrons. The number of nitrogens with zero attached hydrogens (tertiary/aromatic N) is 1. The molecule has 0 radical (unpaired) electrons. The zero-order valence-electron chi connectivity index (χ0n) is 10.1. The molecule has 3 rings (SSSR count). The molecule has 0 bridgehead atoms. The van der Waals surface area contributed by atoms with Gasteiger partial charge in [0, 0.05) is 28.0 Å². The summed E-state index contributed by atoms with van der Waals surface area (Å²) in [6.45, 7) is 0. The number of nitrogens with two attached hydrogens (primary N) is 1. The van der Waals surface area contributed by atoms with Gasteiger partial charge in [0.2, 0.25) is 0 Å². The molecule has 0 aliphatic rings. The highest BCUT2D eigenvalue weighted by Gasteiger charge is 2.04. The van der Waals surface area contributed by atoms with Crippen LogP contribution in [0.15, 0.2) is 54.7 Å². The van der Waals surface area contributed by atoms with E-state index in [0.29, 0.717) is 5.69 Å². The molecule has 3 N–H and O–H groups in total. The lowest BCUT2D eigenvalue weighted by atomic mass is 10.1. The van der Waals surface area contributed by atoms with Gasteiger partial charge in [-0.05, 0) is 48.5 Å². The van der Waals surface area contributed by atoms with Crippen molar-refractivity contribution in [2.75, 3.05) is 11.1 Å². The third-order valence-corrected chi connectivity index (χ3v) is 3.18. The van der Waals surface area contributed by atoms with Crippen LogP contribution in [0.2, 0.25) is 5.02 Å². The highest BCUT2D eigenvalue weighted by atomic mass is 35.5. The van der Waals surface area contributed by atoms with Crippen LogP contribution < -0.4 is 11.1 Å². The number of anilines is 3. The summed E-state index contributed by atoms with van der Waals surface area (Å²) >= 11 is 5.88. The first-order chi connectivity index (χ1) is 9.24. The topological polar surface area (TPSA) is 50.9 Å². The molecule has 1 heterocycles. The Kier molecular flexibility index (Phi) is 2.97. The van der Waals surface area contributed by atoms with Crippen LogP contribution in [-0.2, 0) is 0 Å². The second kappa shape index (κ2) is 4.78. The van der Waals surface area contributed by atoms with Gasteiger partial charge < -0.3 is 11.1 Å². The summed E-state index contributed by atoms with van der Waals surface area (Å²) in [5, 5.41) is 5.06. The summed E-state index contributed by atoms with van der Waals surface area (Å²) in [6, 6.07) is 15.3. The number of rotatable bonds is 2. The first-order valence-corrected chi connectivity index (χ1v) is 6.27. The van der Waals surface area contributed by atoms with Crippen LogP contribution in [0.3, 0.4) is 0 Å². The van der Waals surface area contributed by atoms with Crippen molar-refractivity contribution in [3.8, 4) is 0 Å². The highest BCUT2D eigenvalue weighted by Crippen LogP contribution is 2.29.